The molecule has 2 heterocycles. The van der Waals surface area contributed by atoms with Gasteiger partial charge < -0.3 is 9.73 Å². The lowest BCUT2D eigenvalue weighted by Crippen LogP contribution is -2.38. The molecular formula is C10H16N2OS. The first-order valence-electron chi connectivity index (χ1n) is 5.08. The van der Waals surface area contributed by atoms with E-state index in [9.17, 15) is 0 Å². The largest absolute Gasteiger partial charge is 0.451 e. The first-order valence-corrected chi connectivity index (χ1v) is 6.13. The van der Waals surface area contributed by atoms with Gasteiger partial charge >= 0.3 is 0 Å². The molecule has 1 fully saturated rings. The van der Waals surface area contributed by atoms with E-state index in [2.05, 4.69) is 29.0 Å². The number of nitrogens with zero attached hydrogens (tertiary/aromatic N) is 1. The van der Waals surface area contributed by atoms with Gasteiger partial charge in [0.05, 0.1) is 5.69 Å². The van der Waals surface area contributed by atoms with Gasteiger partial charge in [-0.3, -0.25) is 0 Å². The molecule has 0 amide bonds. The Morgan fingerprint density at radius 1 is 1.71 bits per heavy atom. The Kier molecular flexibility index (Phi) is 3.48. The van der Waals surface area contributed by atoms with E-state index in [1.807, 2.05) is 0 Å². The molecule has 0 aliphatic carbocycles. The third-order valence-corrected chi connectivity index (χ3v) is 4.01. The van der Waals surface area contributed by atoms with Gasteiger partial charge in [-0.1, -0.05) is 6.92 Å². The molecule has 0 spiro atoms. The second kappa shape index (κ2) is 4.84. The first-order chi connectivity index (χ1) is 6.86. The van der Waals surface area contributed by atoms with Crippen LogP contribution in [0.4, 0.5) is 0 Å². The highest BCUT2D eigenvalue weighted by atomic mass is 32.2. The van der Waals surface area contributed by atoms with Crippen LogP contribution in [-0.4, -0.2) is 22.0 Å². The summed E-state index contributed by atoms with van der Waals surface area (Å²) in [5, 5.41) is 4.25. The van der Waals surface area contributed by atoms with Crippen molar-refractivity contribution in [1.29, 1.82) is 0 Å². The molecule has 14 heavy (non-hydrogen) atoms. The molecular weight excluding hydrogens is 196 g/mol. The van der Waals surface area contributed by atoms with E-state index >= 15 is 0 Å². The number of rotatable bonds is 3. The highest BCUT2D eigenvalue weighted by molar-refractivity contribution is 7.99. The van der Waals surface area contributed by atoms with E-state index in [0.29, 0.717) is 6.04 Å². The maximum absolute atomic E-state index is 4.92. The van der Waals surface area contributed by atoms with Gasteiger partial charge in [-0.25, -0.2) is 4.98 Å². The van der Waals surface area contributed by atoms with Gasteiger partial charge in [0.1, 0.15) is 6.26 Å². The van der Waals surface area contributed by atoms with Crippen LogP contribution in [0.5, 0.6) is 0 Å². The van der Waals surface area contributed by atoms with Crippen LogP contribution in [0.15, 0.2) is 17.1 Å². The van der Waals surface area contributed by atoms with E-state index in [4.69, 9.17) is 4.42 Å². The Hall–Kier alpha value is -0.480. The molecule has 0 radical (unpaired) electrons. The van der Waals surface area contributed by atoms with E-state index in [0.717, 1.165) is 17.5 Å². The van der Waals surface area contributed by atoms with Gasteiger partial charge in [0.2, 0.25) is 0 Å². The molecule has 0 bridgehead atoms. The fourth-order valence-corrected chi connectivity index (χ4v) is 2.92. The summed E-state index contributed by atoms with van der Waals surface area (Å²) in [6, 6.07) is 0.630. The summed E-state index contributed by atoms with van der Waals surface area (Å²) in [5.41, 5.74) is 0.993. The zero-order valence-corrected chi connectivity index (χ0v) is 9.22. The zero-order chi connectivity index (χ0) is 9.80. The average Bonchev–Trinajstić information content (AvgIpc) is 2.69. The number of aromatic nitrogens is 1. The minimum absolute atomic E-state index is 0.630. The van der Waals surface area contributed by atoms with Crippen LogP contribution < -0.4 is 5.32 Å². The lowest BCUT2D eigenvalue weighted by molar-refractivity contribution is 0.458. The lowest BCUT2D eigenvalue weighted by atomic mass is 10.1. The monoisotopic (exact) mass is 212 g/mol. The van der Waals surface area contributed by atoms with Crippen LogP contribution in [0.3, 0.4) is 0 Å². The van der Waals surface area contributed by atoms with Gasteiger partial charge in [0.25, 0.3) is 0 Å². The number of hydrogen-bond donors (Lipinski definition) is 1. The summed E-state index contributed by atoms with van der Waals surface area (Å²) in [6.45, 7) is 3.12. The Labute approximate surface area is 88.7 Å². The number of nitrogens with one attached hydrogen (secondary N) is 1. The molecule has 1 N–H and O–H groups in total. The van der Waals surface area contributed by atoms with Crippen LogP contribution in [0.25, 0.3) is 0 Å². The van der Waals surface area contributed by atoms with E-state index in [1.165, 1.54) is 25.0 Å². The molecule has 1 aliphatic rings. The van der Waals surface area contributed by atoms with Crippen molar-refractivity contribution in [3.05, 3.63) is 18.4 Å². The van der Waals surface area contributed by atoms with Crippen LogP contribution in [-0.2, 0) is 6.54 Å². The molecule has 1 aromatic rings. The Balaban J connectivity index is 1.79. The lowest BCUT2D eigenvalue weighted by Gasteiger charge is -2.28. The van der Waals surface area contributed by atoms with Crippen molar-refractivity contribution in [1.82, 2.24) is 10.3 Å². The van der Waals surface area contributed by atoms with Crippen LogP contribution in [0, 0.1) is 0 Å². The predicted molar refractivity (Wildman–Crippen MR) is 58.3 cm³/mol. The summed E-state index contributed by atoms with van der Waals surface area (Å²) < 4.78 is 4.92. The molecule has 78 valence electrons. The number of oxazole rings is 1. The van der Waals surface area contributed by atoms with Gasteiger partial charge in [0.15, 0.2) is 6.39 Å². The molecule has 1 saturated heterocycles. The second-order valence-corrected chi connectivity index (χ2v) is 5.17. The van der Waals surface area contributed by atoms with Gasteiger partial charge in [-0.05, 0) is 18.6 Å². The molecule has 0 saturated carbocycles. The molecule has 4 heteroatoms. The smallest absolute Gasteiger partial charge is 0.180 e. The van der Waals surface area contributed by atoms with Gasteiger partial charge in [-0.15, -0.1) is 0 Å². The first kappa shape index (κ1) is 10.1. The number of hydrogen-bond acceptors (Lipinski definition) is 4. The highest BCUT2D eigenvalue weighted by Gasteiger charge is 2.20. The van der Waals surface area contributed by atoms with Crippen molar-refractivity contribution in [3.63, 3.8) is 0 Å². The predicted octanol–water partition coefficient (Wildman–Crippen LogP) is 2.05. The topological polar surface area (TPSA) is 38.1 Å². The molecule has 2 rings (SSSR count). The summed E-state index contributed by atoms with van der Waals surface area (Å²) in [7, 11) is 0. The van der Waals surface area contributed by atoms with E-state index < -0.39 is 0 Å². The second-order valence-electron chi connectivity index (χ2n) is 3.69. The Bertz CT molecular complexity index is 263. The van der Waals surface area contributed by atoms with Crippen molar-refractivity contribution in [2.75, 3.05) is 5.75 Å². The molecule has 0 aromatic carbocycles. The van der Waals surface area contributed by atoms with Crippen molar-refractivity contribution in [3.8, 4) is 0 Å². The van der Waals surface area contributed by atoms with Crippen molar-refractivity contribution in [2.45, 2.75) is 37.6 Å². The van der Waals surface area contributed by atoms with Gasteiger partial charge in [-0.2, -0.15) is 11.8 Å². The normalized spacial score (nSPS) is 27.8. The third kappa shape index (κ3) is 2.51. The SMILES string of the molecule is CC1SCCCC1NCc1cocn1. The van der Waals surface area contributed by atoms with Crippen LogP contribution in [0.1, 0.15) is 25.5 Å². The Morgan fingerprint density at radius 2 is 2.64 bits per heavy atom. The molecule has 2 unspecified atom stereocenters. The molecule has 3 nitrogen and oxygen atoms in total. The maximum Gasteiger partial charge on any atom is 0.180 e. The fourth-order valence-electron chi connectivity index (χ4n) is 1.75. The minimum Gasteiger partial charge on any atom is -0.451 e. The van der Waals surface area contributed by atoms with E-state index in [-0.39, 0.29) is 0 Å². The maximum atomic E-state index is 4.92. The Morgan fingerprint density at radius 3 is 3.36 bits per heavy atom. The highest BCUT2D eigenvalue weighted by Crippen LogP contribution is 2.25. The average molecular weight is 212 g/mol. The fraction of sp³-hybridized carbons (Fsp3) is 0.700. The van der Waals surface area contributed by atoms with Crippen molar-refractivity contribution >= 4 is 11.8 Å². The standard InChI is InChI=1S/C10H16N2OS/c1-8-10(3-2-4-14-8)11-5-9-6-13-7-12-9/h6-8,10-11H,2-5H2,1H3. The van der Waals surface area contributed by atoms with E-state index in [1.54, 1.807) is 6.26 Å². The summed E-state index contributed by atoms with van der Waals surface area (Å²) in [4.78, 5) is 4.09. The molecule has 2 atom stereocenters. The minimum atomic E-state index is 0.630. The quantitative estimate of drug-likeness (QED) is 0.832. The van der Waals surface area contributed by atoms with Crippen LogP contribution >= 0.6 is 11.8 Å². The zero-order valence-electron chi connectivity index (χ0n) is 8.40. The van der Waals surface area contributed by atoms with Gasteiger partial charge in [0, 0.05) is 17.8 Å². The summed E-state index contributed by atoms with van der Waals surface area (Å²) >= 11 is 2.06. The third-order valence-electron chi connectivity index (χ3n) is 2.64. The molecule has 1 aromatic heterocycles. The summed E-state index contributed by atoms with van der Waals surface area (Å²) in [5.74, 6) is 1.31. The van der Waals surface area contributed by atoms with Crippen molar-refractivity contribution < 1.29 is 4.42 Å². The molecule has 1 aliphatic heterocycles. The van der Waals surface area contributed by atoms with Crippen LogP contribution in [0.2, 0.25) is 0 Å². The number of thioether (sulfide) groups is 1. The summed E-state index contributed by atoms with van der Waals surface area (Å²) in [6.07, 6.45) is 5.79. The van der Waals surface area contributed by atoms with Crippen molar-refractivity contribution in [2.24, 2.45) is 0 Å².